The highest BCUT2D eigenvalue weighted by molar-refractivity contribution is 5.68. The molecule has 1 aromatic heterocycles. The van der Waals surface area contributed by atoms with Gasteiger partial charge >= 0.3 is 5.97 Å². The SMILES string of the molecule is COC(=O)Cn1ccc[n+]1C. The first-order valence-electron chi connectivity index (χ1n) is 3.32. The van der Waals surface area contributed by atoms with E-state index >= 15 is 0 Å². The van der Waals surface area contributed by atoms with Gasteiger partial charge in [0.2, 0.25) is 0 Å². The molecule has 11 heavy (non-hydrogen) atoms. The van der Waals surface area contributed by atoms with Crippen LogP contribution in [0.5, 0.6) is 0 Å². The van der Waals surface area contributed by atoms with Gasteiger partial charge in [-0.2, -0.15) is 0 Å². The minimum Gasteiger partial charge on any atom is -0.468 e. The van der Waals surface area contributed by atoms with Crippen molar-refractivity contribution in [3.63, 3.8) is 0 Å². The molecule has 0 atom stereocenters. The van der Waals surface area contributed by atoms with Gasteiger partial charge in [-0.25, -0.2) is 4.79 Å². The number of aromatic nitrogens is 2. The third-order valence-corrected chi connectivity index (χ3v) is 1.48. The third kappa shape index (κ3) is 1.80. The van der Waals surface area contributed by atoms with Crippen molar-refractivity contribution in [3.05, 3.63) is 18.5 Å². The molecule has 0 amide bonds. The fraction of sp³-hybridized carbons (Fsp3) is 0.429. The van der Waals surface area contributed by atoms with Gasteiger partial charge in [-0.3, -0.25) is 0 Å². The van der Waals surface area contributed by atoms with E-state index < -0.39 is 0 Å². The van der Waals surface area contributed by atoms with Gasteiger partial charge in [-0.1, -0.05) is 0 Å². The fourth-order valence-corrected chi connectivity index (χ4v) is 0.814. The molecular weight excluding hydrogens is 144 g/mol. The summed E-state index contributed by atoms with van der Waals surface area (Å²) in [4.78, 5) is 10.8. The molecule has 1 heterocycles. The van der Waals surface area contributed by atoms with Crippen molar-refractivity contribution in [1.82, 2.24) is 4.68 Å². The lowest BCUT2D eigenvalue weighted by Gasteiger charge is -1.97. The van der Waals surface area contributed by atoms with Crippen LogP contribution in [0.3, 0.4) is 0 Å². The second-order valence-electron chi connectivity index (χ2n) is 2.24. The van der Waals surface area contributed by atoms with Crippen LogP contribution >= 0.6 is 0 Å². The van der Waals surface area contributed by atoms with E-state index in [1.165, 1.54) is 7.11 Å². The van der Waals surface area contributed by atoms with Gasteiger partial charge in [0.15, 0.2) is 19.8 Å². The Morgan fingerprint density at radius 3 is 2.91 bits per heavy atom. The Balaban J connectivity index is 2.64. The van der Waals surface area contributed by atoms with Crippen molar-refractivity contribution in [1.29, 1.82) is 0 Å². The zero-order valence-corrected chi connectivity index (χ0v) is 6.65. The predicted molar refractivity (Wildman–Crippen MR) is 37.6 cm³/mol. The number of carbonyl (C=O) groups excluding carboxylic acids is 1. The molecule has 0 N–H and O–H groups in total. The Hall–Kier alpha value is -1.32. The molecule has 1 aromatic rings. The van der Waals surface area contributed by atoms with Gasteiger partial charge in [0.1, 0.15) is 0 Å². The molecule has 0 saturated carbocycles. The maximum absolute atomic E-state index is 10.8. The molecule has 0 fully saturated rings. The van der Waals surface area contributed by atoms with Gasteiger partial charge in [0.25, 0.3) is 0 Å². The lowest BCUT2D eigenvalue weighted by molar-refractivity contribution is -0.752. The number of hydrogen-bond donors (Lipinski definition) is 0. The molecular formula is C7H11N2O2+. The summed E-state index contributed by atoms with van der Waals surface area (Å²) < 4.78 is 8.08. The van der Waals surface area contributed by atoms with Crippen molar-refractivity contribution in [2.75, 3.05) is 7.11 Å². The molecule has 0 aromatic carbocycles. The lowest BCUT2D eigenvalue weighted by atomic mass is 10.6. The molecule has 60 valence electrons. The van der Waals surface area contributed by atoms with E-state index in [0.717, 1.165) is 0 Å². The van der Waals surface area contributed by atoms with Crippen molar-refractivity contribution in [3.8, 4) is 0 Å². The van der Waals surface area contributed by atoms with Crippen molar-refractivity contribution in [2.24, 2.45) is 7.05 Å². The minimum absolute atomic E-state index is 0.239. The van der Waals surface area contributed by atoms with Crippen molar-refractivity contribution in [2.45, 2.75) is 6.54 Å². The molecule has 0 spiro atoms. The number of aryl methyl sites for hydroxylation is 1. The van der Waals surface area contributed by atoms with Crippen LogP contribution in [0.15, 0.2) is 18.5 Å². The van der Waals surface area contributed by atoms with Crippen LogP contribution in [0.2, 0.25) is 0 Å². The van der Waals surface area contributed by atoms with E-state index in [0.29, 0.717) is 0 Å². The molecule has 0 bridgehead atoms. The van der Waals surface area contributed by atoms with E-state index in [1.54, 1.807) is 4.68 Å². The molecule has 0 saturated heterocycles. The number of methoxy groups -OCH3 is 1. The lowest BCUT2D eigenvalue weighted by Crippen LogP contribution is -2.39. The van der Waals surface area contributed by atoms with Crippen LogP contribution in [-0.4, -0.2) is 17.8 Å². The summed E-state index contributed by atoms with van der Waals surface area (Å²) >= 11 is 0. The van der Waals surface area contributed by atoms with Gasteiger partial charge in [0, 0.05) is 6.07 Å². The molecule has 0 aliphatic rings. The zero-order chi connectivity index (χ0) is 8.27. The summed E-state index contributed by atoms with van der Waals surface area (Å²) in [6.45, 7) is 0.264. The Kier molecular flexibility index (Phi) is 2.25. The summed E-state index contributed by atoms with van der Waals surface area (Å²) in [6, 6.07) is 1.86. The minimum atomic E-state index is -0.239. The van der Waals surface area contributed by atoms with Gasteiger partial charge in [-0.15, -0.1) is 9.36 Å². The van der Waals surface area contributed by atoms with Crippen LogP contribution in [0.4, 0.5) is 0 Å². The predicted octanol–water partition coefficient (Wildman–Crippen LogP) is -0.514. The summed E-state index contributed by atoms with van der Waals surface area (Å²) in [5, 5.41) is 0. The van der Waals surface area contributed by atoms with Crippen LogP contribution in [0, 0.1) is 0 Å². The summed E-state index contributed by atoms with van der Waals surface area (Å²) in [5.74, 6) is -0.239. The quantitative estimate of drug-likeness (QED) is 0.425. The monoisotopic (exact) mass is 155 g/mol. The molecule has 0 unspecified atom stereocenters. The van der Waals surface area contributed by atoms with Crippen molar-refractivity contribution >= 4 is 5.97 Å². The smallest absolute Gasteiger partial charge is 0.331 e. The second kappa shape index (κ2) is 3.18. The Morgan fingerprint density at radius 2 is 2.45 bits per heavy atom. The van der Waals surface area contributed by atoms with Crippen LogP contribution in [0.25, 0.3) is 0 Å². The second-order valence-corrected chi connectivity index (χ2v) is 2.24. The number of ether oxygens (including phenoxy) is 1. The third-order valence-electron chi connectivity index (χ3n) is 1.48. The van der Waals surface area contributed by atoms with Crippen LogP contribution < -0.4 is 4.68 Å². The number of esters is 1. The first kappa shape index (κ1) is 7.78. The van der Waals surface area contributed by atoms with Crippen LogP contribution in [-0.2, 0) is 23.1 Å². The standard InChI is InChI=1S/C7H11N2O2/c1-8-4-3-5-9(8)6-7(10)11-2/h3-5H,6H2,1-2H3/q+1. The van der Waals surface area contributed by atoms with E-state index in [9.17, 15) is 4.79 Å². The van der Waals surface area contributed by atoms with E-state index in [4.69, 9.17) is 0 Å². The number of nitrogens with zero attached hydrogens (tertiary/aromatic N) is 2. The Labute approximate surface area is 65.0 Å². The highest BCUT2D eigenvalue weighted by Gasteiger charge is 2.07. The number of carbonyl (C=O) groups is 1. The molecule has 4 heteroatoms. The molecule has 0 aliphatic carbocycles. The van der Waals surface area contributed by atoms with Crippen LogP contribution in [0.1, 0.15) is 0 Å². The van der Waals surface area contributed by atoms with E-state index in [-0.39, 0.29) is 12.5 Å². The molecule has 0 radical (unpaired) electrons. The average Bonchev–Trinajstić information content (AvgIpc) is 2.37. The maximum atomic E-state index is 10.8. The zero-order valence-electron chi connectivity index (χ0n) is 6.65. The highest BCUT2D eigenvalue weighted by atomic mass is 16.5. The largest absolute Gasteiger partial charge is 0.468 e. The molecule has 1 rings (SSSR count). The maximum Gasteiger partial charge on any atom is 0.331 e. The van der Waals surface area contributed by atoms with E-state index in [1.807, 2.05) is 30.2 Å². The number of hydrogen-bond acceptors (Lipinski definition) is 2. The van der Waals surface area contributed by atoms with Gasteiger partial charge in [-0.05, 0) is 0 Å². The summed E-state index contributed by atoms with van der Waals surface area (Å²) in [6.07, 6.45) is 3.68. The first-order chi connectivity index (χ1) is 5.24. The Bertz CT molecular complexity index is 255. The van der Waals surface area contributed by atoms with E-state index in [2.05, 4.69) is 4.74 Å². The number of rotatable bonds is 2. The topological polar surface area (TPSA) is 35.1 Å². The normalized spacial score (nSPS) is 9.64. The average molecular weight is 155 g/mol. The summed E-state index contributed by atoms with van der Waals surface area (Å²) in [5.41, 5.74) is 0. The first-order valence-corrected chi connectivity index (χ1v) is 3.32. The Morgan fingerprint density at radius 1 is 1.73 bits per heavy atom. The van der Waals surface area contributed by atoms with Gasteiger partial charge < -0.3 is 4.74 Å². The highest BCUT2D eigenvalue weighted by Crippen LogP contribution is 1.83. The summed E-state index contributed by atoms with van der Waals surface area (Å²) in [7, 11) is 3.24. The molecule has 4 nitrogen and oxygen atoms in total. The fourth-order valence-electron chi connectivity index (χ4n) is 0.814. The molecule has 0 aliphatic heterocycles. The van der Waals surface area contributed by atoms with Gasteiger partial charge in [0.05, 0.1) is 13.3 Å². The van der Waals surface area contributed by atoms with Crippen molar-refractivity contribution < 1.29 is 14.2 Å².